The van der Waals surface area contributed by atoms with Crippen LogP contribution in [0.1, 0.15) is 37.2 Å². The number of carbonyl (C=O) groups excluding carboxylic acids is 1. The second kappa shape index (κ2) is 5.04. The molecule has 0 amide bonds. The van der Waals surface area contributed by atoms with Crippen molar-refractivity contribution in [1.82, 2.24) is 0 Å². The maximum atomic E-state index is 11.4. The Hall–Kier alpha value is -1.83. The maximum absolute atomic E-state index is 11.4. The molecule has 2 aromatic rings. The van der Waals surface area contributed by atoms with Gasteiger partial charge in [-0.05, 0) is 35.8 Å². The summed E-state index contributed by atoms with van der Waals surface area (Å²) in [7, 11) is 1.71. The lowest BCUT2D eigenvalue weighted by Crippen LogP contribution is -2.12. The van der Waals surface area contributed by atoms with E-state index in [1.165, 1.54) is 16.3 Å². The van der Waals surface area contributed by atoms with E-state index in [0.717, 1.165) is 31.4 Å². The number of benzene rings is 2. The zero-order chi connectivity index (χ0) is 13.2. The summed E-state index contributed by atoms with van der Waals surface area (Å²) in [4.78, 5) is 11.4. The minimum atomic E-state index is 0.411. The Morgan fingerprint density at radius 2 is 1.68 bits per heavy atom. The molecule has 0 aliphatic heterocycles. The monoisotopic (exact) mass is 254 g/mol. The van der Waals surface area contributed by atoms with Gasteiger partial charge >= 0.3 is 0 Å². The van der Waals surface area contributed by atoms with Gasteiger partial charge in [0.2, 0.25) is 0 Å². The van der Waals surface area contributed by atoms with E-state index in [0.29, 0.717) is 11.7 Å². The fraction of sp³-hybridized carbons (Fsp3) is 0.353. The highest BCUT2D eigenvalue weighted by Gasteiger charge is 2.22. The van der Waals surface area contributed by atoms with Gasteiger partial charge in [-0.1, -0.05) is 30.3 Å². The first kappa shape index (κ1) is 12.2. The molecule has 0 bridgehead atoms. The Kier molecular flexibility index (Phi) is 3.24. The molecule has 2 heteroatoms. The summed E-state index contributed by atoms with van der Waals surface area (Å²) in [5.74, 6) is 1.84. The molecule has 0 spiro atoms. The van der Waals surface area contributed by atoms with E-state index in [2.05, 4.69) is 24.3 Å². The summed E-state index contributed by atoms with van der Waals surface area (Å²) in [5.41, 5.74) is 1.36. The Labute approximate surface area is 113 Å². The SMILES string of the molecule is COc1ccc(C2CCC(=O)CC2)c2ccccc12. The predicted molar refractivity (Wildman–Crippen MR) is 76.7 cm³/mol. The number of rotatable bonds is 2. The molecule has 1 saturated carbocycles. The summed E-state index contributed by atoms with van der Waals surface area (Å²) in [5, 5.41) is 2.43. The highest BCUT2D eigenvalue weighted by molar-refractivity contribution is 5.91. The number of hydrogen-bond donors (Lipinski definition) is 0. The second-order valence-electron chi connectivity index (χ2n) is 5.22. The number of methoxy groups -OCH3 is 1. The third-order valence-electron chi connectivity index (χ3n) is 4.12. The van der Waals surface area contributed by atoms with Gasteiger partial charge in [0.25, 0.3) is 0 Å². The first-order valence-corrected chi connectivity index (χ1v) is 6.87. The van der Waals surface area contributed by atoms with Crippen LogP contribution >= 0.6 is 0 Å². The normalized spacial score (nSPS) is 16.8. The summed E-state index contributed by atoms with van der Waals surface area (Å²) < 4.78 is 5.43. The Balaban J connectivity index is 2.07. The molecule has 0 N–H and O–H groups in total. The van der Waals surface area contributed by atoms with Crippen molar-refractivity contribution >= 4 is 16.6 Å². The van der Waals surface area contributed by atoms with Crippen LogP contribution in [0.2, 0.25) is 0 Å². The van der Waals surface area contributed by atoms with Crippen molar-refractivity contribution < 1.29 is 9.53 Å². The van der Waals surface area contributed by atoms with Crippen molar-refractivity contribution in [2.24, 2.45) is 0 Å². The van der Waals surface area contributed by atoms with Crippen LogP contribution < -0.4 is 4.74 Å². The fourth-order valence-corrected chi connectivity index (χ4v) is 3.08. The molecule has 0 saturated heterocycles. The molecular formula is C17H18O2. The van der Waals surface area contributed by atoms with Crippen molar-refractivity contribution in [3.63, 3.8) is 0 Å². The summed E-state index contributed by atoms with van der Waals surface area (Å²) in [6.07, 6.45) is 3.42. The number of ether oxygens (including phenoxy) is 1. The van der Waals surface area contributed by atoms with Crippen LogP contribution in [0.15, 0.2) is 36.4 Å². The first-order chi connectivity index (χ1) is 9.29. The van der Waals surface area contributed by atoms with Gasteiger partial charge in [-0.15, -0.1) is 0 Å². The number of carbonyl (C=O) groups is 1. The minimum Gasteiger partial charge on any atom is -0.496 e. The van der Waals surface area contributed by atoms with Gasteiger partial charge in [0.05, 0.1) is 7.11 Å². The molecule has 2 aromatic carbocycles. The molecule has 0 atom stereocenters. The van der Waals surface area contributed by atoms with Crippen LogP contribution in [-0.2, 0) is 4.79 Å². The molecule has 98 valence electrons. The van der Waals surface area contributed by atoms with Crippen LogP contribution in [0.3, 0.4) is 0 Å². The number of fused-ring (bicyclic) bond motifs is 1. The average Bonchev–Trinajstić information content (AvgIpc) is 2.47. The van der Waals surface area contributed by atoms with Crippen LogP contribution in [0.4, 0.5) is 0 Å². The van der Waals surface area contributed by atoms with E-state index in [1.54, 1.807) is 7.11 Å². The van der Waals surface area contributed by atoms with Crippen LogP contribution in [0.5, 0.6) is 5.75 Å². The Morgan fingerprint density at radius 3 is 2.37 bits per heavy atom. The standard InChI is InChI=1S/C17H18O2/c1-19-17-11-10-14(12-6-8-13(18)9-7-12)15-4-2-3-5-16(15)17/h2-5,10-12H,6-9H2,1H3. The Morgan fingerprint density at radius 1 is 1.00 bits per heavy atom. The van der Waals surface area contributed by atoms with Crippen molar-refractivity contribution in [1.29, 1.82) is 0 Å². The van der Waals surface area contributed by atoms with Gasteiger partial charge < -0.3 is 4.74 Å². The van der Waals surface area contributed by atoms with Crippen molar-refractivity contribution in [3.05, 3.63) is 42.0 Å². The fourth-order valence-electron chi connectivity index (χ4n) is 3.08. The van der Waals surface area contributed by atoms with Gasteiger partial charge in [0, 0.05) is 18.2 Å². The molecule has 1 fully saturated rings. The minimum absolute atomic E-state index is 0.411. The molecule has 0 radical (unpaired) electrons. The lowest BCUT2D eigenvalue weighted by Gasteiger charge is -2.23. The second-order valence-corrected chi connectivity index (χ2v) is 5.22. The lowest BCUT2D eigenvalue weighted by molar-refractivity contribution is -0.120. The lowest BCUT2D eigenvalue weighted by atomic mass is 9.81. The van der Waals surface area contributed by atoms with E-state index < -0.39 is 0 Å². The van der Waals surface area contributed by atoms with Gasteiger partial charge in [-0.3, -0.25) is 4.79 Å². The zero-order valence-electron chi connectivity index (χ0n) is 11.2. The highest BCUT2D eigenvalue weighted by Crippen LogP contribution is 2.38. The molecule has 0 unspecified atom stereocenters. The molecule has 1 aliphatic carbocycles. The molecular weight excluding hydrogens is 236 g/mol. The van der Waals surface area contributed by atoms with Crippen LogP contribution in [0, 0.1) is 0 Å². The summed E-state index contributed by atoms with van der Waals surface area (Å²) in [6.45, 7) is 0. The summed E-state index contributed by atoms with van der Waals surface area (Å²) in [6, 6.07) is 12.6. The molecule has 0 heterocycles. The van der Waals surface area contributed by atoms with Gasteiger partial charge in [0.1, 0.15) is 11.5 Å². The quantitative estimate of drug-likeness (QED) is 0.807. The van der Waals surface area contributed by atoms with E-state index in [1.807, 2.05) is 12.1 Å². The molecule has 2 nitrogen and oxygen atoms in total. The van der Waals surface area contributed by atoms with Gasteiger partial charge in [-0.25, -0.2) is 0 Å². The number of ketones is 1. The topological polar surface area (TPSA) is 26.3 Å². The van der Waals surface area contributed by atoms with E-state index >= 15 is 0 Å². The van der Waals surface area contributed by atoms with Crippen LogP contribution in [0.25, 0.3) is 10.8 Å². The average molecular weight is 254 g/mol. The number of Topliss-reactive ketones (excluding diaryl/α,β-unsaturated/α-hetero) is 1. The molecule has 19 heavy (non-hydrogen) atoms. The predicted octanol–water partition coefficient (Wildman–Crippen LogP) is 4.08. The first-order valence-electron chi connectivity index (χ1n) is 6.87. The van der Waals surface area contributed by atoms with E-state index in [4.69, 9.17) is 4.74 Å². The van der Waals surface area contributed by atoms with Crippen molar-refractivity contribution in [2.75, 3.05) is 7.11 Å². The Bertz CT molecular complexity index is 606. The molecule has 3 rings (SSSR count). The highest BCUT2D eigenvalue weighted by atomic mass is 16.5. The van der Waals surface area contributed by atoms with Gasteiger partial charge in [-0.2, -0.15) is 0 Å². The van der Waals surface area contributed by atoms with Gasteiger partial charge in [0.15, 0.2) is 0 Å². The van der Waals surface area contributed by atoms with Crippen molar-refractivity contribution in [3.8, 4) is 5.75 Å². The smallest absolute Gasteiger partial charge is 0.132 e. The molecule has 0 aromatic heterocycles. The third kappa shape index (κ3) is 2.23. The van der Waals surface area contributed by atoms with E-state index in [9.17, 15) is 4.79 Å². The maximum Gasteiger partial charge on any atom is 0.132 e. The largest absolute Gasteiger partial charge is 0.496 e. The third-order valence-corrected chi connectivity index (χ3v) is 4.12. The van der Waals surface area contributed by atoms with Crippen LogP contribution in [-0.4, -0.2) is 12.9 Å². The number of hydrogen-bond acceptors (Lipinski definition) is 2. The van der Waals surface area contributed by atoms with E-state index in [-0.39, 0.29) is 0 Å². The summed E-state index contributed by atoms with van der Waals surface area (Å²) >= 11 is 0. The molecule has 1 aliphatic rings. The zero-order valence-corrected chi connectivity index (χ0v) is 11.2. The van der Waals surface area contributed by atoms with Crippen molar-refractivity contribution in [2.45, 2.75) is 31.6 Å².